The van der Waals surface area contributed by atoms with Crippen LogP contribution in [0.2, 0.25) is 5.02 Å². The molecular formula is C23H25ClN8O2. The van der Waals surface area contributed by atoms with E-state index in [-0.39, 0.29) is 17.3 Å². The van der Waals surface area contributed by atoms with Crippen LogP contribution in [0.5, 0.6) is 0 Å². The Kier molecular flexibility index (Phi) is 6.90. The minimum atomic E-state index is -0.464. The molecule has 0 spiro atoms. The number of hydrogen-bond donors (Lipinski definition) is 3. The van der Waals surface area contributed by atoms with Crippen molar-refractivity contribution in [1.29, 1.82) is 5.41 Å². The number of rotatable bonds is 5. The van der Waals surface area contributed by atoms with E-state index in [2.05, 4.69) is 32.7 Å². The Morgan fingerprint density at radius 3 is 2.24 bits per heavy atom. The molecule has 1 fully saturated rings. The largest absolute Gasteiger partial charge is 0.354 e. The van der Waals surface area contributed by atoms with Gasteiger partial charge in [-0.25, -0.2) is 4.98 Å². The van der Waals surface area contributed by atoms with E-state index in [1.807, 2.05) is 4.90 Å². The zero-order valence-corrected chi connectivity index (χ0v) is 19.6. The van der Waals surface area contributed by atoms with Gasteiger partial charge >= 0.3 is 0 Å². The lowest BCUT2D eigenvalue weighted by molar-refractivity contribution is 0.102. The number of nitrogens with zero attached hydrogens (tertiary/aromatic N) is 5. The molecule has 1 saturated heterocycles. The van der Waals surface area contributed by atoms with Gasteiger partial charge in [0, 0.05) is 50.6 Å². The Morgan fingerprint density at radius 2 is 1.59 bits per heavy atom. The molecule has 0 bridgehead atoms. The van der Waals surface area contributed by atoms with Crippen LogP contribution in [0, 0.1) is 5.41 Å². The van der Waals surface area contributed by atoms with Gasteiger partial charge in [0.2, 0.25) is 0 Å². The van der Waals surface area contributed by atoms with Gasteiger partial charge < -0.3 is 20.4 Å². The molecule has 4 rings (SSSR count). The fourth-order valence-corrected chi connectivity index (χ4v) is 3.67. The summed E-state index contributed by atoms with van der Waals surface area (Å²) >= 11 is 5.83. The molecule has 0 saturated carbocycles. The average molecular weight is 481 g/mol. The fourth-order valence-electron chi connectivity index (χ4n) is 3.56. The number of carbonyl (C=O) groups is 2. The third kappa shape index (κ3) is 5.24. The number of halogens is 1. The van der Waals surface area contributed by atoms with E-state index >= 15 is 0 Å². The molecule has 176 valence electrons. The molecule has 0 aliphatic carbocycles. The van der Waals surface area contributed by atoms with Gasteiger partial charge in [0.15, 0.2) is 0 Å². The first-order valence-electron chi connectivity index (χ1n) is 10.7. The lowest BCUT2D eigenvalue weighted by Crippen LogP contribution is -2.47. The van der Waals surface area contributed by atoms with Crippen LogP contribution in [0.1, 0.15) is 26.3 Å². The summed E-state index contributed by atoms with van der Waals surface area (Å²) in [5.74, 6) is 0.176. The van der Waals surface area contributed by atoms with Gasteiger partial charge in [0.1, 0.15) is 23.0 Å². The predicted molar refractivity (Wildman–Crippen MR) is 131 cm³/mol. The molecule has 10 nitrogen and oxygen atoms in total. The summed E-state index contributed by atoms with van der Waals surface area (Å²) in [6.07, 6.45) is 2.80. The van der Waals surface area contributed by atoms with Crippen LogP contribution in [0.15, 0.2) is 48.8 Å². The topological polar surface area (TPSA) is 119 Å². The molecular weight excluding hydrogens is 456 g/mol. The highest BCUT2D eigenvalue weighted by Crippen LogP contribution is 2.18. The maximum atomic E-state index is 12.9. The summed E-state index contributed by atoms with van der Waals surface area (Å²) < 4.78 is 1.42. The summed E-state index contributed by atoms with van der Waals surface area (Å²) in [6.45, 7) is 3.43. The van der Waals surface area contributed by atoms with E-state index in [0.717, 1.165) is 31.7 Å². The number of likely N-dealkylation sites (N-methyl/N-ethyl adjacent to an activating group) is 1. The zero-order valence-electron chi connectivity index (χ0n) is 18.9. The SMILES string of the molecule is CN1CCN(C(=N)c2ccc(C(=O)Nc3c(C(=O)Nc4ccc(Cl)cn4)cnn3C)cc2)CC1. The molecule has 3 N–H and O–H groups in total. The van der Waals surface area contributed by atoms with Gasteiger partial charge in [-0.05, 0) is 31.3 Å². The summed E-state index contributed by atoms with van der Waals surface area (Å²) in [6, 6.07) is 10.1. The van der Waals surface area contributed by atoms with Crippen LogP contribution in [0.4, 0.5) is 11.6 Å². The van der Waals surface area contributed by atoms with E-state index < -0.39 is 5.91 Å². The lowest BCUT2D eigenvalue weighted by atomic mass is 10.1. The normalized spacial score (nSPS) is 14.0. The van der Waals surface area contributed by atoms with Gasteiger partial charge in [-0.2, -0.15) is 5.10 Å². The van der Waals surface area contributed by atoms with E-state index in [9.17, 15) is 9.59 Å². The number of aryl methyl sites for hydroxylation is 1. The van der Waals surface area contributed by atoms with Crippen molar-refractivity contribution < 1.29 is 9.59 Å². The quantitative estimate of drug-likeness (QED) is 0.381. The molecule has 2 aromatic heterocycles. The van der Waals surface area contributed by atoms with Crippen molar-refractivity contribution in [3.05, 3.63) is 70.5 Å². The number of anilines is 2. The van der Waals surface area contributed by atoms with Crippen molar-refractivity contribution in [3.63, 3.8) is 0 Å². The Balaban J connectivity index is 1.43. The minimum absolute atomic E-state index is 0.195. The standard InChI is InChI=1S/C23H25ClN8O2/c1-30-9-11-32(12-10-30)20(25)15-3-5-16(6-4-15)22(33)29-21-18(14-27-31(21)2)23(34)28-19-8-7-17(24)13-26-19/h3-8,13-14,25H,9-12H2,1-2H3,(H,29,33)(H,26,28,34). The minimum Gasteiger partial charge on any atom is -0.354 e. The first kappa shape index (κ1) is 23.4. The van der Waals surface area contributed by atoms with E-state index in [0.29, 0.717) is 22.2 Å². The van der Waals surface area contributed by atoms with Crippen LogP contribution < -0.4 is 10.6 Å². The van der Waals surface area contributed by atoms with Gasteiger partial charge in [-0.15, -0.1) is 0 Å². The second-order valence-corrected chi connectivity index (χ2v) is 8.45. The average Bonchev–Trinajstić information content (AvgIpc) is 3.20. The second kappa shape index (κ2) is 10.0. The van der Waals surface area contributed by atoms with E-state index in [4.69, 9.17) is 17.0 Å². The monoisotopic (exact) mass is 480 g/mol. The van der Waals surface area contributed by atoms with Crippen molar-refractivity contribution in [2.75, 3.05) is 43.9 Å². The summed E-state index contributed by atoms with van der Waals surface area (Å²) in [5, 5.41) is 18.4. The molecule has 0 atom stereocenters. The van der Waals surface area contributed by atoms with Crippen molar-refractivity contribution in [1.82, 2.24) is 24.6 Å². The lowest BCUT2D eigenvalue weighted by Gasteiger charge is -2.34. The van der Waals surface area contributed by atoms with Crippen molar-refractivity contribution in [2.45, 2.75) is 0 Å². The molecule has 3 heterocycles. The highest BCUT2D eigenvalue weighted by atomic mass is 35.5. The fraction of sp³-hybridized carbons (Fsp3) is 0.261. The molecule has 0 radical (unpaired) electrons. The molecule has 1 aliphatic heterocycles. The maximum Gasteiger partial charge on any atom is 0.262 e. The van der Waals surface area contributed by atoms with Crippen molar-refractivity contribution in [3.8, 4) is 0 Å². The van der Waals surface area contributed by atoms with Gasteiger partial charge in [-0.3, -0.25) is 19.7 Å². The predicted octanol–water partition coefficient (Wildman–Crippen LogP) is 2.55. The van der Waals surface area contributed by atoms with Crippen LogP contribution in [0.25, 0.3) is 0 Å². The van der Waals surface area contributed by atoms with Crippen LogP contribution in [0.3, 0.4) is 0 Å². The van der Waals surface area contributed by atoms with Gasteiger partial charge in [-0.1, -0.05) is 23.7 Å². The maximum absolute atomic E-state index is 12.9. The van der Waals surface area contributed by atoms with E-state index in [1.165, 1.54) is 17.1 Å². The third-order valence-electron chi connectivity index (χ3n) is 5.62. The molecule has 1 aromatic carbocycles. The highest BCUT2D eigenvalue weighted by Gasteiger charge is 2.21. The Bertz CT molecular complexity index is 1200. The van der Waals surface area contributed by atoms with Crippen LogP contribution >= 0.6 is 11.6 Å². The summed E-state index contributed by atoms with van der Waals surface area (Å²) in [7, 11) is 3.70. The summed E-state index contributed by atoms with van der Waals surface area (Å²) in [4.78, 5) is 33.9. The summed E-state index contributed by atoms with van der Waals surface area (Å²) in [5.41, 5.74) is 1.35. The van der Waals surface area contributed by atoms with Crippen LogP contribution in [-0.4, -0.2) is 75.4 Å². The number of benzene rings is 1. The Hall–Kier alpha value is -3.76. The van der Waals surface area contributed by atoms with Crippen LogP contribution in [-0.2, 0) is 7.05 Å². The first-order chi connectivity index (χ1) is 16.3. The number of amides is 2. The van der Waals surface area contributed by atoms with Gasteiger partial charge in [0.05, 0.1) is 11.2 Å². The first-order valence-corrected chi connectivity index (χ1v) is 11.1. The van der Waals surface area contributed by atoms with Crippen molar-refractivity contribution >= 4 is 40.9 Å². The Labute approximate surface area is 202 Å². The highest BCUT2D eigenvalue weighted by molar-refractivity contribution is 6.30. The van der Waals surface area contributed by atoms with Gasteiger partial charge in [0.25, 0.3) is 11.8 Å². The second-order valence-electron chi connectivity index (χ2n) is 8.02. The number of nitrogens with one attached hydrogen (secondary N) is 3. The molecule has 1 aliphatic rings. The molecule has 2 amide bonds. The number of aromatic nitrogens is 3. The number of hydrogen-bond acceptors (Lipinski definition) is 6. The number of pyridine rings is 1. The smallest absolute Gasteiger partial charge is 0.262 e. The van der Waals surface area contributed by atoms with E-state index in [1.54, 1.807) is 43.4 Å². The van der Waals surface area contributed by atoms with Crippen molar-refractivity contribution in [2.24, 2.45) is 7.05 Å². The molecule has 0 unspecified atom stereocenters. The third-order valence-corrected chi connectivity index (χ3v) is 5.85. The number of piperazine rings is 1. The molecule has 34 heavy (non-hydrogen) atoms. The number of amidine groups is 1. The number of carbonyl (C=O) groups excluding carboxylic acids is 2. The molecule has 11 heteroatoms. The Morgan fingerprint density at radius 1 is 0.912 bits per heavy atom. The molecule has 3 aromatic rings. The zero-order chi connectivity index (χ0) is 24.2.